The maximum absolute atomic E-state index is 14.6. The summed E-state index contributed by atoms with van der Waals surface area (Å²) >= 11 is 0. The summed E-state index contributed by atoms with van der Waals surface area (Å²) < 4.78 is 34.5. The quantitative estimate of drug-likeness (QED) is 0.646. The monoisotopic (exact) mass is 300 g/mol. The van der Waals surface area contributed by atoms with Crippen molar-refractivity contribution in [2.45, 2.75) is 95.7 Å². The standard InChI is InChI=1S/C18H30F2O/c1-12(19)18(2,20)16-10-14-9-13(16)11-17(14)21-15-7-5-3-4-6-8-15/h12-17H,3-11H2,1-2H3/t12?,13?,14?,16?,17?,18-/m0/s1. The second-order valence-electron chi connectivity index (χ2n) is 7.89. The molecule has 5 unspecified atom stereocenters. The highest BCUT2D eigenvalue weighted by atomic mass is 19.2. The maximum Gasteiger partial charge on any atom is 0.142 e. The Morgan fingerprint density at radius 1 is 1.00 bits per heavy atom. The molecule has 1 nitrogen and oxygen atoms in total. The van der Waals surface area contributed by atoms with Gasteiger partial charge in [-0.15, -0.1) is 0 Å². The molecule has 6 atom stereocenters. The van der Waals surface area contributed by atoms with Crippen molar-refractivity contribution in [2.75, 3.05) is 0 Å². The van der Waals surface area contributed by atoms with Gasteiger partial charge in [-0.2, -0.15) is 0 Å². The molecule has 3 heteroatoms. The fourth-order valence-corrected chi connectivity index (χ4v) is 5.00. The fraction of sp³-hybridized carbons (Fsp3) is 1.00. The molecule has 0 radical (unpaired) electrons. The van der Waals surface area contributed by atoms with E-state index >= 15 is 0 Å². The topological polar surface area (TPSA) is 9.23 Å². The highest BCUT2D eigenvalue weighted by molar-refractivity contribution is 5.04. The third kappa shape index (κ3) is 3.13. The molecule has 3 fully saturated rings. The van der Waals surface area contributed by atoms with Crippen LogP contribution in [-0.2, 0) is 4.74 Å². The first kappa shape index (κ1) is 15.7. The van der Waals surface area contributed by atoms with Crippen LogP contribution in [0.4, 0.5) is 8.78 Å². The Morgan fingerprint density at radius 3 is 2.19 bits per heavy atom. The Morgan fingerprint density at radius 2 is 1.67 bits per heavy atom. The van der Waals surface area contributed by atoms with Crippen molar-refractivity contribution in [3.63, 3.8) is 0 Å². The van der Waals surface area contributed by atoms with Crippen LogP contribution in [0.15, 0.2) is 0 Å². The van der Waals surface area contributed by atoms with Crippen molar-refractivity contribution >= 4 is 0 Å². The lowest BCUT2D eigenvalue weighted by atomic mass is 9.75. The Balaban J connectivity index is 1.55. The first-order valence-electron chi connectivity index (χ1n) is 8.97. The Bertz CT molecular complexity index is 347. The van der Waals surface area contributed by atoms with Crippen LogP contribution in [0.5, 0.6) is 0 Å². The van der Waals surface area contributed by atoms with Crippen LogP contribution in [0.1, 0.15) is 71.6 Å². The van der Waals surface area contributed by atoms with Gasteiger partial charge in [0.25, 0.3) is 0 Å². The zero-order chi connectivity index (χ0) is 15.0. The molecule has 0 aromatic carbocycles. The SMILES string of the molecule is CC(F)[C@](C)(F)C1CC2CC1CC2OC1CCCCCC1. The van der Waals surface area contributed by atoms with E-state index in [1.54, 1.807) is 0 Å². The molecule has 0 heterocycles. The van der Waals surface area contributed by atoms with Crippen LogP contribution in [0, 0.1) is 17.8 Å². The number of ether oxygens (including phenoxy) is 1. The molecule has 3 aliphatic carbocycles. The van der Waals surface area contributed by atoms with Crippen LogP contribution < -0.4 is 0 Å². The minimum absolute atomic E-state index is 0.100. The smallest absolute Gasteiger partial charge is 0.142 e. The van der Waals surface area contributed by atoms with E-state index in [0.29, 0.717) is 24.0 Å². The molecular weight excluding hydrogens is 270 g/mol. The van der Waals surface area contributed by atoms with Gasteiger partial charge in [0.15, 0.2) is 0 Å². The first-order chi connectivity index (χ1) is 9.98. The van der Waals surface area contributed by atoms with E-state index in [0.717, 1.165) is 19.3 Å². The zero-order valence-corrected chi connectivity index (χ0v) is 13.5. The van der Waals surface area contributed by atoms with Crippen LogP contribution in [0.25, 0.3) is 0 Å². The van der Waals surface area contributed by atoms with Gasteiger partial charge in [-0.1, -0.05) is 25.7 Å². The number of hydrogen-bond acceptors (Lipinski definition) is 1. The van der Waals surface area contributed by atoms with Gasteiger partial charge in [0.1, 0.15) is 11.8 Å². The Kier molecular flexibility index (Phi) is 4.59. The normalized spacial score (nSPS) is 41.7. The van der Waals surface area contributed by atoms with Crippen molar-refractivity contribution in [2.24, 2.45) is 17.8 Å². The number of hydrogen-bond donors (Lipinski definition) is 0. The van der Waals surface area contributed by atoms with E-state index in [1.165, 1.54) is 52.4 Å². The predicted octanol–water partition coefficient (Wildman–Crippen LogP) is 5.23. The van der Waals surface area contributed by atoms with E-state index in [9.17, 15) is 8.78 Å². The van der Waals surface area contributed by atoms with Gasteiger partial charge in [-0.05, 0) is 63.7 Å². The number of fused-ring (bicyclic) bond motifs is 2. The lowest BCUT2D eigenvalue weighted by Gasteiger charge is -2.37. The second kappa shape index (κ2) is 6.14. The van der Waals surface area contributed by atoms with Gasteiger partial charge in [-0.3, -0.25) is 0 Å². The molecule has 0 aromatic heterocycles. The van der Waals surface area contributed by atoms with Crippen molar-refractivity contribution in [3.8, 4) is 0 Å². The van der Waals surface area contributed by atoms with E-state index in [-0.39, 0.29) is 5.92 Å². The molecule has 0 spiro atoms. The molecule has 3 rings (SSSR count). The van der Waals surface area contributed by atoms with Gasteiger partial charge >= 0.3 is 0 Å². The minimum Gasteiger partial charge on any atom is -0.375 e. The molecule has 21 heavy (non-hydrogen) atoms. The number of alkyl halides is 2. The van der Waals surface area contributed by atoms with E-state index < -0.39 is 11.8 Å². The third-order valence-corrected chi connectivity index (χ3v) is 6.46. The van der Waals surface area contributed by atoms with E-state index in [4.69, 9.17) is 4.74 Å². The largest absolute Gasteiger partial charge is 0.375 e. The summed E-state index contributed by atoms with van der Waals surface area (Å²) in [5.74, 6) is 0.701. The second-order valence-corrected chi connectivity index (χ2v) is 7.89. The zero-order valence-electron chi connectivity index (χ0n) is 13.5. The minimum atomic E-state index is -1.66. The molecule has 0 aromatic rings. The van der Waals surface area contributed by atoms with Gasteiger partial charge in [-0.25, -0.2) is 8.78 Å². The number of rotatable bonds is 4. The van der Waals surface area contributed by atoms with E-state index in [2.05, 4.69) is 0 Å². The molecule has 2 bridgehead atoms. The molecular formula is C18H30F2O. The molecule has 0 aliphatic heterocycles. The van der Waals surface area contributed by atoms with Gasteiger partial charge in [0.05, 0.1) is 12.2 Å². The van der Waals surface area contributed by atoms with Gasteiger partial charge in [0.2, 0.25) is 0 Å². The van der Waals surface area contributed by atoms with Gasteiger partial charge < -0.3 is 4.74 Å². The number of halogens is 2. The highest BCUT2D eigenvalue weighted by Crippen LogP contribution is 2.55. The molecule has 0 saturated heterocycles. The summed E-state index contributed by atoms with van der Waals surface area (Å²) in [5, 5.41) is 0. The molecule has 3 aliphatic rings. The lowest BCUT2D eigenvalue weighted by molar-refractivity contribution is -0.0723. The van der Waals surface area contributed by atoms with Crippen LogP contribution in [0.3, 0.4) is 0 Å². The Labute approximate surface area is 127 Å². The van der Waals surface area contributed by atoms with Gasteiger partial charge in [0, 0.05) is 0 Å². The molecule has 0 N–H and O–H groups in total. The average Bonchev–Trinajstić information content (AvgIpc) is 2.92. The molecule has 122 valence electrons. The summed E-state index contributed by atoms with van der Waals surface area (Å²) in [7, 11) is 0. The van der Waals surface area contributed by atoms with Crippen LogP contribution >= 0.6 is 0 Å². The van der Waals surface area contributed by atoms with Crippen molar-refractivity contribution in [3.05, 3.63) is 0 Å². The average molecular weight is 300 g/mol. The van der Waals surface area contributed by atoms with Crippen molar-refractivity contribution in [1.82, 2.24) is 0 Å². The Hall–Kier alpha value is -0.180. The first-order valence-corrected chi connectivity index (χ1v) is 8.97. The van der Waals surface area contributed by atoms with Crippen LogP contribution in [-0.4, -0.2) is 24.0 Å². The molecule has 0 amide bonds. The van der Waals surface area contributed by atoms with Crippen LogP contribution in [0.2, 0.25) is 0 Å². The van der Waals surface area contributed by atoms with E-state index in [1.807, 2.05) is 0 Å². The summed E-state index contributed by atoms with van der Waals surface area (Å²) in [6.07, 6.45) is 9.84. The molecule has 3 saturated carbocycles. The predicted molar refractivity (Wildman–Crippen MR) is 80.8 cm³/mol. The summed E-state index contributed by atoms with van der Waals surface area (Å²) in [5.41, 5.74) is -1.66. The van der Waals surface area contributed by atoms with Crippen molar-refractivity contribution < 1.29 is 13.5 Å². The van der Waals surface area contributed by atoms with Crippen molar-refractivity contribution in [1.29, 1.82) is 0 Å². The lowest BCUT2D eigenvalue weighted by Crippen LogP contribution is -2.43. The summed E-state index contributed by atoms with van der Waals surface area (Å²) in [6, 6.07) is 0. The fourth-order valence-electron chi connectivity index (χ4n) is 5.00. The summed E-state index contributed by atoms with van der Waals surface area (Å²) in [6.45, 7) is 2.83. The maximum atomic E-state index is 14.6. The third-order valence-electron chi connectivity index (χ3n) is 6.46. The highest BCUT2D eigenvalue weighted by Gasteiger charge is 2.55. The summed E-state index contributed by atoms with van der Waals surface area (Å²) in [4.78, 5) is 0.